The molecule has 0 bridgehead atoms. The van der Waals surface area contributed by atoms with Gasteiger partial charge in [-0.05, 0) is 30.7 Å². The lowest BCUT2D eigenvalue weighted by atomic mass is 10.1. The number of aryl methyl sites for hydroxylation is 1. The maximum absolute atomic E-state index is 15.1. The average Bonchev–Trinajstić information content (AvgIpc) is 2.84. The van der Waals surface area contributed by atoms with Gasteiger partial charge in [-0.3, -0.25) is 9.69 Å². The molecule has 1 N–H and O–H groups in total. The summed E-state index contributed by atoms with van der Waals surface area (Å²) in [4.78, 5) is 33.2. The molecule has 1 aliphatic rings. The maximum Gasteiger partial charge on any atom is 0.341 e. The molecule has 5 rings (SSSR count). The third-order valence-electron chi connectivity index (χ3n) is 6.44. The zero-order valence-electron chi connectivity index (χ0n) is 18.9. The van der Waals surface area contributed by atoms with Gasteiger partial charge in [-0.1, -0.05) is 30.3 Å². The quantitative estimate of drug-likeness (QED) is 0.458. The Labute approximate surface area is 195 Å². The number of piperazine rings is 1. The predicted molar refractivity (Wildman–Crippen MR) is 130 cm³/mol. The number of rotatable bonds is 5. The van der Waals surface area contributed by atoms with Crippen LogP contribution in [0.15, 0.2) is 59.5 Å². The van der Waals surface area contributed by atoms with Gasteiger partial charge in [0, 0.05) is 50.9 Å². The highest BCUT2D eigenvalue weighted by Crippen LogP contribution is 2.28. The summed E-state index contributed by atoms with van der Waals surface area (Å²) in [6.07, 6.45) is 1.32. The molecule has 1 aliphatic heterocycles. The topological polar surface area (TPSA) is 78.7 Å². The van der Waals surface area contributed by atoms with Crippen LogP contribution in [0.3, 0.4) is 0 Å². The van der Waals surface area contributed by atoms with Crippen molar-refractivity contribution in [2.75, 3.05) is 31.1 Å². The number of aromatic nitrogens is 2. The third kappa shape index (κ3) is 4.01. The van der Waals surface area contributed by atoms with E-state index in [1.165, 1.54) is 17.8 Å². The van der Waals surface area contributed by atoms with Gasteiger partial charge in [0.05, 0.1) is 16.6 Å². The van der Waals surface area contributed by atoms with Crippen LogP contribution in [0.1, 0.15) is 22.8 Å². The molecular formula is C26H25FN4O3. The number of nitrogens with zero attached hydrogens (tertiary/aromatic N) is 4. The van der Waals surface area contributed by atoms with Gasteiger partial charge in [-0.2, -0.15) is 0 Å². The number of aromatic carboxylic acids is 1. The van der Waals surface area contributed by atoms with Gasteiger partial charge in [0.2, 0.25) is 5.43 Å². The molecule has 4 aromatic rings. The zero-order chi connectivity index (χ0) is 23.8. The SMILES string of the molecule is CCn1cc(C(=O)O)c(=O)c2cc3cc(F)c(N4CCN(Cc5ccccc5)CC4)cc3nc21. The van der Waals surface area contributed by atoms with Crippen molar-refractivity contribution in [3.8, 4) is 0 Å². The summed E-state index contributed by atoms with van der Waals surface area (Å²) in [6, 6.07) is 15.0. The second-order valence-electron chi connectivity index (χ2n) is 8.57. The molecule has 0 radical (unpaired) electrons. The number of carboxylic acid groups (broad SMARTS) is 1. The van der Waals surface area contributed by atoms with Crippen molar-refractivity contribution in [2.45, 2.75) is 20.0 Å². The van der Waals surface area contributed by atoms with Crippen LogP contribution >= 0.6 is 0 Å². The van der Waals surface area contributed by atoms with Crippen LogP contribution in [0.4, 0.5) is 10.1 Å². The minimum absolute atomic E-state index is 0.177. The van der Waals surface area contributed by atoms with E-state index in [2.05, 4.69) is 22.0 Å². The van der Waals surface area contributed by atoms with Crippen molar-refractivity contribution in [3.63, 3.8) is 0 Å². The summed E-state index contributed by atoms with van der Waals surface area (Å²) in [5.41, 5.74) is 1.79. The molecule has 0 unspecified atom stereocenters. The lowest BCUT2D eigenvalue weighted by Gasteiger charge is -2.36. The van der Waals surface area contributed by atoms with Crippen LogP contribution < -0.4 is 10.3 Å². The molecule has 3 heterocycles. The minimum atomic E-state index is -1.29. The van der Waals surface area contributed by atoms with Gasteiger partial charge in [-0.25, -0.2) is 14.2 Å². The Balaban J connectivity index is 1.47. The molecule has 2 aromatic carbocycles. The first-order valence-electron chi connectivity index (χ1n) is 11.4. The van der Waals surface area contributed by atoms with Gasteiger partial charge in [0.25, 0.3) is 0 Å². The van der Waals surface area contributed by atoms with E-state index in [-0.39, 0.29) is 16.8 Å². The first-order valence-corrected chi connectivity index (χ1v) is 11.4. The van der Waals surface area contributed by atoms with Crippen LogP contribution in [0, 0.1) is 5.82 Å². The fourth-order valence-electron chi connectivity index (χ4n) is 4.60. The van der Waals surface area contributed by atoms with Crippen molar-refractivity contribution >= 4 is 33.6 Å². The molecule has 1 fully saturated rings. The van der Waals surface area contributed by atoms with E-state index in [0.29, 0.717) is 41.9 Å². The molecular weight excluding hydrogens is 435 g/mol. The standard InChI is InChI=1S/C26H25FN4O3/c1-2-30-16-20(26(33)34)24(32)19-12-18-13-21(27)23(14-22(18)28-25(19)30)31-10-8-29(9-11-31)15-17-6-4-3-5-7-17/h3-7,12-14,16H,2,8-11,15H2,1H3,(H,33,34). The van der Waals surface area contributed by atoms with Gasteiger partial charge in [0.15, 0.2) is 0 Å². The number of halogens is 1. The number of carboxylic acids is 1. The van der Waals surface area contributed by atoms with E-state index in [4.69, 9.17) is 0 Å². The maximum atomic E-state index is 15.1. The van der Waals surface area contributed by atoms with Crippen molar-refractivity contribution in [1.82, 2.24) is 14.5 Å². The average molecular weight is 461 g/mol. The molecule has 8 heteroatoms. The molecule has 174 valence electrons. The number of fused-ring (bicyclic) bond motifs is 2. The molecule has 1 saturated heterocycles. The number of hydrogen-bond acceptors (Lipinski definition) is 5. The van der Waals surface area contributed by atoms with Crippen molar-refractivity contribution in [1.29, 1.82) is 0 Å². The van der Waals surface area contributed by atoms with Crippen molar-refractivity contribution < 1.29 is 14.3 Å². The summed E-state index contributed by atoms with van der Waals surface area (Å²) in [6.45, 7) is 6.22. The summed E-state index contributed by atoms with van der Waals surface area (Å²) in [7, 11) is 0. The fourth-order valence-corrected chi connectivity index (χ4v) is 4.60. The van der Waals surface area contributed by atoms with Gasteiger partial charge < -0.3 is 14.6 Å². The Kier molecular flexibility index (Phi) is 5.75. The van der Waals surface area contributed by atoms with Gasteiger partial charge in [0.1, 0.15) is 17.0 Å². The Hall–Kier alpha value is -3.78. The smallest absolute Gasteiger partial charge is 0.341 e. The van der Waals surface area contributed by atoms with E-state index in [0.717, 1.165) is 19.6 Å². The Morgan fingerprint density at radius 2 is 1.82 bits per heavy atom. The summed E-state index contributed by atoms with van der Waals surface area (Å²) in [5.74, 6) is -1.67. The fraction of sp³-hybridized carbons (Fsp3) is 0.269. The number of anilines is 1. The molecule has 0 atom stereocenters. The van der Waals surface area contributed by atoms with Crippen molar-refractivity contribution in [2.24, 2.45) is 0 Å². The van der Waals surface area contributed by atoms with E-state index >= 15 is 4.39 Å². The van der Waals surface area contributed by atoms with E-state index in [1.54, 1.807) is 16.7 Å². The van der Waals surface area contributed by atoms with Crippen LogP contribution in [-0.2, 0) is 13.1 Å². The summed E-state index contributed by atoms with van der Waals surface area (Å²) >= 11 is 0. The number of hydrogen-bond donors (Lipinski definition) is 1. The van der Waals surface area contributed by atoms with E-state index in [1.807, 2.05) is 30.0 Å². The number of pyridine rings is 2. The van der Waals surface area contributed by atoms with Crippen LogP contribution in [0.5, 0.6) is 0 Å². The largest absolute Gasteiger partial charge is 0.477 e. The highest BCUT2D eigenvalue weighted by Gasteiger charge is 2.21. The zero-order valence-corrected chi connectivity index (χ0v) is 18.9. The normalized spacial score (nSPS) is 14.7. The van der Waals surface area contributed by atoms with Gasteiger partial charge in [-0.15, -0.1) is 0 Å². The monoisotopic (exact) mass is 460 g/mol. The molecule has 0 aliphatic carbocycles. The van der Waals surface area contributed by atoms with Crippen LogP contribution in [0.2, 0.25) is 0 Å². The highest BCUT2D eigenvalue weighted by molar-refractivity contribution is 5.96. The first-order chi connectivity index (χ1) is 16.4. The first kappa shape index (κ1) is 22.0. The molecule has 0 amide bonds. The van der Waals surface area contributed by atoms with Gasteiger partial charge >= 0.3 is 5.97 Å². The van der Waals surface area contributed by atoms with Crippen LogP contribution in [0.25, 0.3) is 21.9 Å². The van der Waals surface area contributed by atoms with Crippen molar-refractivity contribution in [3.05, 3.63) is 81.9 Å². The number of carbonyl (C=O) groups is 1. The second kappa shape index (κ2) is 8.87. The molecule has 0 spiro atoms. The summed E-state index contributed by atoms with van der Waals surface area (Å²) < 4.78 is 16.8. The molecule has 7 nitrogen and oxygen atoms in total. The Morgan fingerprint density at radius 3 is 2.50 bits per heavy atom. The Morgan fingerprint density at radius 1 is 1.09 bits per heavy atom. The number of benzene rings is 2. The van der Waals surface area contributed by atoms with E-state index < -0.39 is 11.4 Å². The lowest BCUT2D eigenvalue weighted by Crippen LogP contribution is -2.46. The summed E-state index contributed by atoms with van der Waals surface area (Å²) in [5, 5.41) is 10.0. The predicted octanol–water partition coefficient (Wildman–Crippen LogP) is 3.73. The molecule has 2 aromatic heterocycles. The molecule has 34 heavy (non-hydrogen) atoms. The third-order valence-corrected chi connectivity index (χ3v) is 6.44. The lowest BCUT2D eigenvalue weighted by molar-refractivity contribution is 0.0695. The molecule has 0 saturated carbocycles. The van der Waals surface area contributed by atoms with Crippen LogP contribution in [-0.4, -0.2) is 51.7 Å². The van der Waals surface area contributed by atoms with E-state index in [9.17, 15) is 14.7 Å². The Bertz CT molecular complexity index is 1440. The highest BCUT2D eigenvalue weighted by atomic mass is 19.1. The second-order valence-corrected chi connectivity index (χ2v) is 8.57. The minimum Gasteiger partial charge on any atom is -0.477 e.